The summed E-state index contributed by atoms with van der Waals surface area (Å²) in [4.78, 5) is 11.3. The molecule has 0 amide bonds. The molecule has 0 unspecified atom stereocenters. The number of aromatic amines is 1. The molecule has 0 saturated heterocycles. The predicted molar refractivity (Wildman–Crippen MR) is 106 cm³/mol. The number of primary sulfonamides is 1. The largest absolute Gasteiger partial charge is 0.436 e. The van der Waals surface area contributed by atoms with Crippen LogP contribution in [0.25, 0.3) is 10.9 Å². The molecular weight excluding hydrogens is 397 g/mol. The number of halogens is 1. The molecule has 0 saturated carbocycles. The van der Waals surface area contributed by atoms with Crippen LogP contribution in [0.2, 0.25) is 0 Å². The van der Waals surface area contributed by atoms with Gasteiger partial charge in [0.15, 0.2) is 11.6 Å². The second-order valence-electron chi connectivity index (χ2n) is 6.31. The first kappa shape index (κ1) is 18.8. The van der Waals surface area contributed by atoms with Crippen molar-refractivity contribution in [2.24, 2.45) is 5.14 Å². The quantitative estimate of drug-likeness (QED) is 0.459. The fourth-order valence-electron chi connectivity index (χ4n) is 2.80. The van der Waals surface area contributed by atoms with E-state index in [1.54, 1.807) is 12.1 Å². The van der Waals surface area contributed by atoms with Crippen molar-refractivity contribution in [3.63, 3.8) is 0 Å². The highest BCUT2D eigenvalue weighted by atomic mass is 32.2. The molecule has 0 atom stereocenters. The van der Waals surface area contributed by atoms with E-state index in [1.807, 2.05) is 6.92 Å². The van der Waals surface area contributed by atoms with E-state index in [2.05, 4.69) is 20.3 Å². The van der Waals surface area contributed by atoms with Crippen LogP contribution >= 0.6 is 0 Å². The van der Waals surface area contributed by atoms with Crippen LogP contribution in [-0.4, -0.2) is 23.4 Å². The van der Waals surface area contributed by atoms with Crippen molar-refractivity contribution in [1.82, 2.24) is 15.0 Å². The van der Waals surface area contributed by atoms with Crippen LogP contribution < -0.4 is 15.2 Å². The Hall–Kier alpha value is -3.50. The highest BCUT2D eigenvalue weighted by molar-refractivity contribution is 7.89. The molecule has 8 nitrogen and oxygen atoms in total. The fraction of sp³-hybridized carbons (Fsp3) is 0.0526. The molecule has 0 radical (unpaired) electrons. The summed E-state index contributed by atoms with van der Waals surface area (Å²) in [5, 5.41) is 8.43. The smallest absolute Gasteiger partial charge is 0.238 e. The molecule has 0 fully saturated rings. The second kappa shape index (κ2) is 7.15. The summed E-state index contributed by atoms with van der Waals surface area (Å²) >= 11 is 0. The summed E-state index contributed by atoms with van der Waals surface area (Å²) in [6, 6.07) is 12.2. The van der Waals surface area contributed by atoms with Crippen LogP contribution in [0.15, 0.2) is 59.6 Å². The lowest BCUT2D eigenvalue weighted by atomic mass is 10.2. The summed E-state index contributed by atoms with van der Waals surface area (Å²) in [6.45, 7) is 1.85. The van der Waals surface area contributed by atoms with Crippen LogP contribution in [0.1, 0.15) is 5.69 Å². The summed E-state index contributed by atoms with van der Waals surface area (Å²) in [5.41, 5.74) is 2.07. The Morgan fingerprint density at radius 3 is 2.62 bits per heavy atom. The summed E-state index contributed by atoms with van der Waals surface area (Å²) in [6.07, 6.45) is 1.46. The molecule has 2 aromatic carbocycles. The average Bonchev–Trinajstić information content (AvgIpc) is 3.05. The van der Waals surface area contributed by atoms with Crippen LogP contribution in [-0.2, 0) is 10.0 Å². The summed E-state index contributed by atoms with van der Waals surface area (Å²) in [5.74, 6) is -0.101. The standard InChI is InChI=1S/C19H16FN5O3S/c1-11-10-14-15(23-11)6-7-16(18(14)20)28-17-8-9-22-19(25-17)24-12-2-4-13(5-3-12)29(21,26)27/h2-10,23H,1H3,(H2,21,26,27)(H,22,24,25). The molecule has 4 aromatic rings. The summed E-state index contributed by atoms with van der Waals surface area (Å²) in [7, 11) is -3.77. The molecule has 0 bridgehead atoms. The van der Waals surface area contributed by atoms with Crippen molar-refractivity contribution in [1.29, 1.82) is 0 Å². The van der Waals surface area contributed by atoms with Crippen molar-refractivity contribution in [3.8, 4) is 11.6 Å². The van der Waals surface area contributed by atoms with Gasteiger partial charge in [-0.15, -0.1) is 0 Å². The van der Waals surface area contributed by atoms with E-state index in [4.69, 9.17) is 9.88 Å². The number of nitrogens with zero attached hydrogens (tertiary/aromatic N) is 2. The van der Waals surface area contributed by atoms with Crippen molar-refractivity contribution in [3.05, 3.63) is 66.2 Å². The maximum atomic E-state index is 14.7. The van der Waals surface area contributed by atoms with Gasteiger partial charge in [-0.3, -0.25) is 0 Å². The molecular formula is C19H16FN5O3S. The van der Waals surface area contributed by atoms with Gasteiger partial charge in [0.2, 0.25) is 21.9 Å². The first-order valence-corrected chi connectivity index (χ1v) is 10.0. The minimum Gasteiger partial charge on any atom is -0.436 e. The van der Waals surface area contributed by atoms with Gasteiger partial charge in [0.25, 0.3) is 0 Å². The maximum Gasteiger partial charge on any atom is 0.238 e. The third kappa shape index (κ3) is 4.03. The van der Waals surface area contributed by atoms with Gasteiger partial charge in [0.05, 0.1) is 4.90 Å². The molecule has 0 aliphatic heterocycles. The zero-order valence-corrected chi connectivity index (χ0v) is 16.0. The number of fused-ring (bicyclic) bond motifs is 1. The van der Waals surface area contributed by atoms with Crippen molar-refractivity contribution >= 4 is 32.6 Å². The van der Waals surface area contributed by atoms with Gasteiger partial charge in [0.1, 0.15) is 0 Å². The number of nitrogens with one attached hydrogen (secondary N) is 2. The van der Waals surface area contributed by atoms with E-state index < -0.39 is 15.8 Å². The molecule has 4 N–H and O–H groups in total. The molecule has 2 heterocycles. The van der Waals surface area contributed by atoms with Crippen molar-refractivity contribution < 1.29 is 17.5 Å². The molecule has 0 aliphatic carbocycles. The van der Waals surface area contributed by atoms with Gasteiger partial charge < -0.3 is 15.0 Å². The third-order valence-electron chi connectivity index (χ3n) is 4.12. The Balaban J connectivity index is 1.55. The highest BCUT2D eigenvalue weighted by Gasteiger charge is 2.13. The van der Waals surface area contributed by atoms with Gasteiger partial charge in [0, 0.05) is 34.5 Å². The molecule has 0 aliphatic rings. The number of anilines is 2. The first-order chi connectivity index (χ1) is 13.8. The number of H-pyrrole nitrogens is 1. The molecule has 2 aromatic heterocycles. The van der Waals surface area contributed by atoms with E-state index in [0.29, 0.717) is 16.6 Å². The lowest BCUT2D eigenvalue weighted by molar-refractivity contribution is 0.430. The number of rotatable bonds is 5. The maximum absolute atomic E-state index is 14.7. The fourth-order valence-corrected chi connectivity index (χ4v) is 3.31. The number of ether oxygens (including phenoxy) is 1. The zero-order valence-electron chi connectivity index (χ0n) is 15.2. The number of aromatic nitrogens is 3. The Labute approximate surface area is 165 Å². The van der Waals surface area contributed by atoms with E-state index in [9.17, 15) is 12.8 Å². The summed E-state index contributed by atoms with van der Waals surface area (Å²) < 4.78 is 42.9. The number of sulfonamides is 1. The molecule has 4 rings (SSSR count). The third-order valence-corrected chi connectivity index (χ3v) is 5.05. The lowest BCUT2D eigenvalue weighted by Crippen LogP contribution is -2.11. The van der Waals surface area contributed by atoms with E-state index >= 15 is 0 Å². The topological polar surface area (TPSA) is 123 Å². The SMILES string of the molecule is Cc1cc2c(F)c(Oc3ccnc(Nc4ccc(S(N)(=O)=O)cc4)n3)ccc2[nH]1. The van der Waals surface area contributed by atoms with Gasteiger partial charge in [-0.25, -0.2) is 22.9 Å². The van der Waals surface area contributed by atoms with Crippen molar-refractivity contribution in [2.75, 3.05) is 5.32 Å². The van der Waals surface area contributed by atoms with Crippen LogP contribution in [0.4, 0.5) is 16.0 Å². The van der Waals surface area contributed by atoms with E-state index in [0.717, 1.165) is 5.69 Å². The minimum atomic E-state index is -3.77. The molecule has 29 heavy (non-hydrogen) atoms. The van der Waals surface area contributed by atoms with Gasteiger partial charge >= 0.3 is 0 Å². The molecule has 0 spiro atoms. The van der Waals surface area contributed by atoms with Crippen LogP contribution in [0, 0.1) is 12.7 Å². The Morgan fingerprint density at radius 1 is 1.14 bits per heavy atom. The van der Waals surface area contributed by atoms with Crippen LogP contribution in [0.3, 0.4) is 0 Å². The first-order valence-electron chi connectivity index (χ1n) is 8.48. The Morgan fingerprint density at radius 2 is 1.90 bits per heavy atom. The van der Waals surface area contributed by atoms with E-state index in [-0.39, 0.29) is 22.5 Å². The van der Waals surface area contributed by atoms with Gasteiger partial charge in [-0.05, 0) is 49.4 Å². The number of hydrogen-bond donors (Lipinski definition) is 3. The zero-order chi connectivity index (χ0) is 20.6. The number of hydrogen-bond acceptors (Lipinski definition) is 6. The van der Waals surface area contributed by atoms with E-state index in [1.165, 1.54) is 42.6 Å². The Bertz CT molecular complexity index is 1300. The lowest BCUT2D eigenvalue weighted by Gasteiger charge is -2.09. The average molecular weight is 413 g/mol. The minimum absolute atomic E-state index is 0.00749. The van der Waals surface area contributed by atoms with Crippen LogP contribution in [0.5, 0.6) is 11.6 Å². The normalized spacial score (nSPS) is 11.6. The predicted octanol–water partition coefficient (Wildman–Crippen LogP) is 3.59. The molecule has 148 valence electrons. The highest BCUT2D eigenvalue weighted by Crippen LogP contribution is 2.30. The monoisotopic (exact) mass is 413 g/mol. The number of nitrogens with two attached hydrogens (primary N) is 1. The number of benzene rings is 2. The van der Waals surface area contributed by atoms with Crippen molar-refractivity contribution in [2.45, 2.75) is 11.8 Å². The second-order valence-corrected chi connectivity index (χ2v) is 7.87. The number of aryl methyl sites for hydroxylation is 1. The molecule has 10 heteroatoms. The van der Waals surface area contributed by atoms with Gasteiger partial charge in [-0.1, -0.05) is 0 Å². The van der Waals surface area contributed by atoms with Gasteiger partial charge in [-0.2, -0.15) is 4.98 Å². The Kier molecular flexibility index (Phi) is 4.65.